The van der Waals surface area contributed by atoms with Crippen molar-refractivity contribution in [3.05, 3.63) is 94.3 Å². The van der Waals surface area contributed by atoms with E-state index in [1.165, 1.54) is 12.1 Å². The highest BCUT2D eigenvalue weighted by molar-refractivity contribution is 6.30. The van der Waals surface area contributed by atoms with E-state index in [1.807, 2.05) is 18.2 Å². The number of nitrogens with zero attached hydrogens (tertiary/aromatic N) is 2. The molecular formula is C24H19ClF2N2O. The molecule has 0 aliphatic carbocycles. The first-order chi connectivity index (χ1) is 14.5. The number of rotatable bonds is 6. The highest BCUT2D eigenvalue weighted by Crippen LogP contribution is 2.27. The zero-order chi connectivity index (χ0) is 21.1. The quantitative estimate of drug-likeness (QED) is 0.372. The largest absolute Gasteiger partial charge is 0.380 e. The van der Waals surface area contributed by atoms with Crippen LogP contribution in [0.4, 0.5) is 8.78 Å². The predicted octanol–water partition coefficient (Wildman–Crippen LogP) is 6.16. The summed E-state index contributed by atoms with van der Waals surface area (Å²) in [6.45, 7) is 0.453. The van der Waals surface area contributed by atoms with E-state index in [9.17, 15) is 4.39 Å². The molecule has 0 spiro atoms. The van der Waals surface area contributed by atoms with Crippen LogP contribution in [0, 0.1) is 11.6 Å². The topological polar surface area (TPSA) is 35.0 Å². The average molecular weight is 425 g/mol. The molecule has 0 bridgehead atoms. The maximum absolute atomic E-state index is 15.0. The van der Waals surface area contributed by atoms with E-state index in [0.29, 0.717) is 36.2 Å². The van der Waals surface area contributed by atoms with Crippen LogP contribution >= 0.6 is 11.6 Å². The van der Waals surface area contributed by atoms with Gasteiger partial charge < -0.3 is 4.74 Å². The third-order valence-electron chi connectivity index (χ3n) is 4.98. The summed E-state index contributed by atoms with van der Waals surface area (Å²) in [4.78, 5) is 8.73. The van der Waals surface area contributed by atoms with Gasteiger partial charge in [-0.1, -0.05) is 41.9 Å². The second kappa shape index (κ2) is 8.86. The molecule has 0 saturated carbocycles. The lowest BCUT2D eigenvalue weighted by Gasteiger charge is -2.09. The number of hydrogen-bond acceptors (Lipinski definition) is 3. The van der Waals surface area contributed by atoms with E-state index in [2.05, 4.69) is 9.97 Å². The second-order valence-electron chi connectivity index (χ2n) is 7.07. The molecule has 152 valence electrons. The van der Waals surface area contributed by atoms with Crippen LogP contribution in [0.3, 0.4) is 0 Å². The van der Waals surface area contributed by atoms with Crippen molar-refractivity contribution in [3.8, 4) is 11.4 Å². The molecule has 3 nitrogen and oxygen atoms in total. The Labute approximate surface area is 178 Å². The third kappa shape index (κ3) is 4.32. The standard InChI is InChI=1S/C24H19ClF2N2O/c1-30-14-16-12-28-24(29-13-16)19-7-8-20-18(11-19)6-5-17(23(20)27)4-2-15-3-9-21(25)22(26)10-15/h3,5-13H,2,4,14H2,1H3. The monoisotopic (exact) mass is 424 g/mol. The Balaban J connectivity index is 1.56. The van der Waals surface area contributed by atoms with E-state index < -0.39 is 5.82 Å². The Morgan fingerprint density at radius 2 is 1.70 bits per heavy atom. The molecule has 0 atom stereocenters. The lowest BCUT2D eigenvalue weighted by Crippen LogP contribution is -1.97. The first kappa shape index (κ1) is 20.4. The summed E-state index contributed by atoms with van der Waals surface area (Å²) in [5, 5.41) is 1.40. The van der Waals surface area contributed by atoms with Gasteiger partial charge in [0.2, 0.25) is 0 Å². The van der Waals surface area contributed by atoms with Crippen LogP contribution in [0.1, 0.15) is 16.7 Å². The molecule has 0 fully saturated rings. The molecule has 0 aliphatic rings. The summed E-state index contributed by atoms with van der Waals surface area (Å²) < 4.78 is 33.7. The van der Waals surface area contributed by atoms with Crippen molar-refractivity contribution in [2.24, 2.45) is 0 Å². The van der Waals surface area contributed by atoms with Gasteiger partial charge in [-0.2, -0.15) is 0 Å². The molecule has 4 rings (SSSR count). The SMILES string of the molecule is COCc1cnc(-c2ccc3c(F)c(CCc4ccc(Cl)c(F)c4)ccc3c2)nc1. The van der Waals surface area contributed by atoms with Crippen LogP contribution in [0.25, 0.3) is 22.2 Å². The second-order valence-corrected chi connectivity index (χ2v) is 7.48. The van der Waals surface area contributed by atoms with Crippen LogP contribution in [-0.2, 0) is 24.2 Å². The average Bonchev–Trinajstić information content (AvgIpc) is 2.76. The highest BCUT2D eigenvalue weighted by Gasteiger charge is 2.11. The van der Waals surface area contributed by atoms with Crippen LogP contribution < -0.4 is 0 Å². The number of ether oxygens (including phenoxy) is 1. The van der Waals surface area contributed by atoms with Crippen LogP contribution in [0.2, 0.25) is 5.02 Å². The Morgan fingerprint density at radius 3 is 2.43 bits per heavy atom. The molecule has 0 radical (unpaired) electrons. The van der Waals surface area contributed by atoms with E-state index in [4.69, 9.17) is 16.3 Å². The van der Waals surface area contributed by atoms with E-state index in [1.54, 1.807) is 37.7 Å². The first-order valence-electron chi connectivity index (χ1n) is 9.50. The number of aryl methyl sites for hydroxylation is 2. The smallest absolute Gasteiger partial charge is 0.159 e. The molecule has 4 aromatic rings. The number of fused-ring (bicyclic) bond motifs is 1. The molecule has 0 N–H and O–H groups in total. The van der Waals surface area contributed by atoms with Gasteiger partial charge in [-0.15, -0.1) is 0 Å². The van der Waals surface area contributed by atoms with Crippen molar-refractivity contribution in [3.63, 3.8) is 0 Å². The molecule has 30 heavy (non-hydrogen) atoms. The zero-order valence-corrected chi connectivity index (χ0v) is 17.1. The van der Waals surface area contributed by atoms with Gasteiger partial charge >= 0.3 is 0 Å². The van der Waals surface area contributed by atoms with Crippen LogP contribution in [0.15, 0.2) is 60.9 Å². The first-order valence-corrected chi connectivity index (χ1v) is 9.88. The van der Waals surface area contributed by atoms with Crippen LogP contribution in [-0.4, -0.2) is 17.1 Å². The van der Waals surface area contributed by atoms with Gasteiger partial charge in [0.25, 0.3) is 0 Å². The predicted molar refractivity (Wildman–Crippen MR) is 114 cm³/mol. The Kier molecular flexibility index (Phi) is 6.02. The van der Waals surface area contributed by atoms with Crippen molar-refractivity contribution >= 4 is 22.4 Å². The third-order valence-corrected chi connectivity index (χ3v) is 5.28. The fraction of sp³-hybridized carbons (Fsp3) is 0.167. The zero-order valence-electron chi connectivity index (χ0n) is 16.3. The molecule has 0 amide bonds. The molecule has 3 aromatic carbocycles. The summed E-state index contributed by atoms with van der Waals surface area (Å²) in [5.41, 5.74) is 3.07. The van der Waals surface area contributed by atoms with Gasteiger partial charge in [0.05, 0.1) is 11.6 Å². The molecule has 6 heteroatoms. The maximum Gasteiger partial charge on any atom is 0.159 e. The van der Waals surface area contributed by atoms with E-state index >= 15 is 4.39 Å². The number of halogens is 3. The normalized spacial score (nSPS) is 11.2. The summed E-state index contributed by atoms with van der Waals surface area (Å²) in [6.07, 6.45) is 4.43. The summed E-state index contributed by atoms with van der Waals surface area (Å²) in [7, 11) is 1.62. The van der Waals surface area contributed by atoms with Gasteiger partial charge in [-0.25, -0.2) is 18.7 Å². The maximum atomic E-state index is 15.0. The van der Waals surface area contributed by atoms with Crippen molar-refractivity contribution in [2.75, 3.05) is 7.11 Å². The summed E-state index contributed by atoms with van der Waals surface area (Å²) in [5.74, 6) is -0.144. The van der Waals surface area contributed by atoms with Gasteiger partial charge in [0.15, 0.2) is 5.82 Å². The minimum absolute atomic E-state index is 0.0868. The van der Waals surface area contributed by atoms with Crippen molar-refractivity contribution in [1.82, 2.24) is 9.97 Å². The molecule has 0 saturated heterocycles. The van der Waals surface area contributed by atoms with Gasteiger partial charge in [0.1, 0.15) is 11.6 Å². The Hall–Kier alpha value is -2.89. The van der Waals surface area contributed by atoms with Crippen molar-refractivity contribution in [2.45, 2.75) is 19.4 Å². The molecule has 0 unspecified atom stereocenters. The lowest BCUT2D eigenvalue weighted by molar-refractivity contribution is 0.184. The molecule has 1 heterocycles. The van der Waals surface area contributed by atoms with Crippen molar-refractivity contribution in [1.29, 1.82) is 0 Å². The van der Waals surface area contributed by atoms with Crippen LogP contribution in [0.5, 0.6) is 0 Å². The lowest BCUT2D eigenvalue weighted by atomic mass is 9.99. The number of benzene rings is 3. The van der Waals surface area contributed by atoms with Gasteiger partial charge in [-0.05, 0) is 47.6 Å². The molecule has 0 aliphatic heterocycles. The van der Waals surface area contributed by atoms with E-state index in [-0.39, 0.29) is 10.8 Å². The summed E-state index contributed by atoms with van der Waals surface area (Å²) in [6, 6.07) is 13.8. The number of methoxy groups -OCH3 is 1. The van der Waals surface area contributed by atoms with Gasteiger partial charge in [-0.3, -0.25) is 0 Å². The molecule has 1 aromatic heterocycles. The highest BCUT2D eigenvalue weighted by atomic mass is 35.5. The minimum atomic E-state index is -0.460. The van der Waals surface area contributed by atoms with E-state index in [0.717, 1.165) is 22.1 Å². The van der Waals surface area contributed by atoms with Gasteiger partial charge in [0, 0.05) is 36.0 Å². The molecular weight excluding hydrogens is 406 g/mol. The fourth-order valence-electron chi connectivity index (χ4n) is 3.39. The number of aromatic nitrogens is 2. The fourth-order valence-corrected chi connectivity index (χ4v) is 3.51. The number of hydrogen-bond donors (Lipinski definition) is 0. The van der Waals surface area contributed by atoms with Crippen molar-refractivity contribution < 1.29 is 13.5 Å². The minimum Gasteiger partial charge on any atom is -0.380 e. The Morgan fingerprint density at radius 1 is 0.900 bits per heavy atom. The Bertz CT molecular complexity index is 1200. The summed E-state index contributed by atoms with van der Waals surface area (Å²) >= 11 is 5.72.